The van der Waals surface area contributed by atoms with E-state index < -0.39 is 0 Å². The molecule has 0 bridgehead atoms. The smallest absolute Gasteiger partial charge is 0.191 e. The normalized spacial score (nSPS) is 14.4. The lowest BCUT2D eigenvalue weighted by atomic mass is 10.1. The zero-order valence-corrected chi connectivity index (χ0v) is 17.4. The van der Waals surface area contributed by atoms with Crippen LogP contribution in [0.1, 0.15) is 50.1 Å². The van der Waals surface area contributed by atoms with E-state index in [1.165, 1.54) is 12.8 Å². The third kappa shape index (κ3) is 6.96. The first kappa shape index (κ1) is 21.2. The van der Waals surface area contributed by atoms with Crippen LogP contribution in [0.3, 0.4) is 0 Å². The van der Waals surface area contributed by atoms with Crippen molar-refractivity contribution in [3.05, 3.63) is 17.0 Å². The van der Waals surface area contributed by atoms with E-state index >= 15 is 0 Å². The van der Waals surface area contributed by atoms with Crippen molar-refractivity contribution < 1.29 is 9.26 Å². The number of aryl methyl sites for hydroxylation is 2. The number of nitrogens with zero attached hydrogens (tertiary/aromatic N) is 2. The van der Waals surface area contributed by atoms with Gasteiger partial charge in [-0.15, -0.1) is 24.0 Å². The zero-order chi connectivity index (χ0) is 16.5. The lowest BCUT2D eigenvalue weighted by Crippen LogP contribution is -2.37. The maximum absolute atomic E-state index is 5.63. The van der Waals surface area contributed by atoms with Crippen LogP contribution in [0.4, 0.5) is 0 Å². The molecule has 0 amide bonds. The molecule has 0 spiro atoms. The molecule has 0 saturated heterocycles. The Morgan fingerprint density at radius 1 is 1.29 bits per heavy atom. The third-order valence-electron chi connectivity index (χ3n) is 4.07. The Hall–Kier alpha value is -0.830. The van der Waals surface area contributed by atoms with Gasteiger partial charge in [-0.3, -0.25) is 4.99 Å². The summed E-state index contributed by atoms with van der Waals surface area (Å²) >= 11 is 0. The monoisotopic (exact) mass is 450 g/mol. The molecule has 0 radical (unpaired) electrons. The van der Waals surface area contributed by atoms with E-state index in [1.807, 2.05) is 0 Å². The summed E-state index contributed by atoms with van der Waals surface area (Å²) in [5.74, 6) is 2.59. The van der Waals surface area contributed by atoms with E-state index in [0.717, 1.165) is 67.9 Å². The number of hydrogen-bond donors (Lipinski definition) is 2. The van der Waals surface area contributed by atoms with Gasteiger partial charge in [0.1, 0.15) is 5.76 Å². The Labute approximate surface area is 162 Å². The quantitative estimate of drug-likeness (QED) is 0.248. The molecule has 2 rings (SSSR count). The van der Waals surface area contributed by atoms with Crippen LogP contribution in [0.25, 0.3) is 0 Å². The van der Waals surface area contributed by atoms with Crippen LogP contribution < -0.4 is 10.6 Å². The van der Waals surface area contributed by atoms with E-state index in [0.29, 0.717) is 6.54 Å². The average molecular weight is 450 g/mol. The predicted molar refractivity (Wildman–Crippen MR) is 107 cm³/mol. The van der Waals surface area contributed by atoms with Crippen molar-refractivity contribution in [1.29, 1.82) is 0 Å². The molecule has 24 heavy (non-hydrogen) atoms. The molecule has 7 heteroatoms. The topological polar surface area (TPSA) is 71.7 Å². The van der Waals surface area contributed by atoms with E-state index in [-0.39, 0.29) is 24.0 Å². The van der Waals surface area contributed by atoms with Gasteiger partial charge in [0.05, 0.1) is 5.69 Å². The molecule has 138 valence electrons. The standard InChI is InChI=1S/C17H30N4O2.HI/c1-4-15-14(16(5-2)23-21-15)11-20-17(18-3)19-9-6-10-22-12-13-7-8-13;/h13H,4-12H2,1-3H3,(H2,18,19,20);1H. The molecule has 0 unspecified atom stereocenters. The van der Waals surface area contributed by atoms with E-state index in [2.05, 4.69) is 34.6 Å². The Bertz CT molecular complexity index is 479. The number of guanidine groups is 1. The molecular weight excluding hydrogens is 419 g/mol. The summed E-state index contributed by atoms with van der Waals surface area (Å²) in [6, 6.07) is 0. The van der Waals surface area contributed by atoms with Gasteiger partial charge < -0.3 is 19.9 Å². The van der Waals surface area contributed by atoms with Crippen molar-refractivity contribution in [3.8, 4) is 0 Å². The van der Waals surface area contributed by atoms with Gasteiger partial charge in [0.25, 0.3) is 0 Å². The maximum Gasteiger partial charge on any atom is 0.191 e. The second-order valence-electron chi connectivity index (χ2n) is 5.96. The molecule has 1 aromatic heterocycles. The molecule has 1 heterocycles. The summed E-state index contributed by atoms with van der Waals surface area (Å²) in [6.45, 7) is 7.46. The van der Waals surface area contributed by atoms with Crippen molar-refractivity contribution in [2.45, 2.75) is 52.5 Å². The minimum absolute atomic E-state index is 0. The molecule has 1 aromatic rings. The number of halogens is 1. The number of aromatic nitrogens is 1. The number of hydrogen-bond acceptors (Lipinski definition) is 4. The molecular formula is C17H31IN4O2. The highest BCUT2D eigenvalue weighted by molar-refractivity contribution is 14.0. The first-order valence-electron chi connectivity index (χ1n) is 8.77. The number of nitrogens with one attached hydrogen (secondary N) is 2. The highest BCUT2D eigenvalue weighted by Crippen LogP contribution is 2.28. The van der Waals surface area contributed by atoms with E-state index in [9.17, 15) is 0 Å². The van der Waals surface area contributed by atoms with Gasteiger partial charge in [0.2, 0.25) is 0 Å². The molecule has 0 atom stereocenters. The lowest BCUT2D eigenvalue weighted by Gasteiger charge is -2.12. The van der Waals surface area contributed by atoms with Crippen molar-refractivity contribution in [2.75, 3.05) is 26.8 Å². The summed E-state index contributed by atoms with van der Waals surface area (Å²) in [7, 11) is 1.79. The number of aliphatic imine (C=N–C) groups is 1. The van der Waals surface area contributed by atoms with Gasteiger partial charge in [-0.1, -0.05) is 19.0 Å². The van der Waals surface area contributed by atoms with Gasteiger partial charge >= 0.3 is 0 Å². The minimum Gasteiger partial charge on any atom is -0.381 e. The SMILES string of the molecule is CCc1noc(CC)c1CNC(=NC)NCCCOCC1CC1.I. The van der Waals surface area contributed by atoms with Gasteiger partial charge in [-0.05, 0) is 31.6 Å². The molecule has 6 nitrogen and oxygen atoms in total. The van der Waals surface area contributed by atoms with Crippen molar-refractivity contribution in [2.24, 2.45) is 10.9 Å². The van der Waals surface area contributed by atoms with Gasteiger partial charge in [0, 0.05) is 45.3 Å². The summed E-state index contributed by atoms with van der Waals surface area (Å²) in [5.41, 5.74) is 2.18. The van der Waals surface area contributed by atoms with Crippen LogP contribution in [0, 0.1) is 5.92 Å². The number of rotatable bonds is 10. The minimum atomic E-state index is 0. The fourth-order valence-corrected chi connectivity index (χ4v) is 2.45. The molecule has 0 aliphatic heterocycles. The first-order valence-corrected chi connectivity index (χ1v) is 8.77. The predicted octanol–water partition coefficient (Wildman–Crippen LogP) is 2.90. The Kier molecular flexibility index (Phi) is 10.3. The summed E-state index contributed by atoms with van der Waals surface area (Å²) < 4.78 is 11.0. The first-order chi connectivity index (χ1) is 11.3. The largest absolute Gasteiger partial charge is 0.381 e. The molecule has 2 N–H and O–H groups in total. The van der Waals surface area contributed by atoms with Crippen molar-refractivity contribution >= 4 is 29.9 Å². The Balaban J connectivity index is 0.00000288. The van der Waals surface area contributed by atoms with E-state index in [4.69, 9.17) is 9.26 Å². The summed E-state index contributed by atoms with van der Waals surface area (Å²) in [5, 5.41) is 10.8. The summed E-state index contributed by atoms with van der Waals surface area (Å²) in [6.07, 6.45) is 5.41. The third-order valence-corrected chi connectivity index (χ3v) is 4.07. The highest BCUT2D eigenvalue weighted by atomic mass is 127. The lowest BCUT2D eigenvalue weighted by molar-refractivity contribution is 0.123. The van der Waals surface area contributed by atoms with Crippen LogP contribution in [0.5, 0.6) is 0 Å². The average Bonchev–Trinajstić information content (AvgIpc) is 3.31. The fraction of sp³-hybridized carbons (Fsp3) is 0.765. The van der Waals surface area contributed by atoms with Crippen molar-refractivity contribution in [1.82, 2.24) is 15.8 Å². The van der Waals surface area contributed by atoms with Crippen LogP contribution in [-0.4, -0.2) is 37.9 Å². The second kappa shape index (κ2) is 11.7. The molecule has 1 aliphatic rings. The molecule has 1 aliphatic carbocycles. The zero-order valence-electron chi connectivity index (χ0n) is 15.1. The summed E-state index contributed by atoms with van der Waals surface area (Å²) in [4.78, 5) is 4.26. The van der Waals surface area contributed by atoms with Crippen LogP contribution >= 0.6 is 24.0 Å². The highest BCUT2D eigenvalue weighted by Gasteiger charge is 2.20. The Morgan fingerprint density at radius 3 is 2.71 bits per heavy atom. The molecule has 1 fully saturated rings. The maximum atomic E-state index is 5.63. The van der Waals surface area contributed by atoms with Crippen LogP contribution in [0.15, 0.2) is 9.52 Å². The Morgan fingerprint density at radius 2 is 2.08 bits per heavy atom. The van der Waals surface area contributed by atoms with E-state index in [1.54, 1.807) is 7.05 Å². The molecule has 1 saturated carbocycles. The molecule has 0 aromatic carbocycles. The van der Waals surface area contributed by atoms with Crippen LogP contribution in [0.2, 0.25) is 0 Å². The number of ether oxygens (including phenoxy) is 1. The fourth-order valence-electron chi connectivity index (χ4n) is 2.45. The van der Waals surface area contributed by atoms with Gasteiger partial charge in [-0.2, -0.15) is 0 Å². The van der Waals surface area contributed by atoms with Crippen molar-refractivity contribution in [3.63, 3.8) is 0 Å². The second-order valence-corrected chi connectivity index (χ2v) is 5.96. The van der Waals surface area contributed by atoms with Crippen LogP contribution in [-0.2, 0) is 24.1 Å². The van der Waals surface area contributed by atoms with Gasteiger partial charge in [0.15, 0.2) is 5.96 Å². The van der Waals surface area contributed by atoms with Gasteiger partial charge in [-0.25, -0.2) is 0 Å².